The van der Waals surface area contributed by atoms with Crippen molar-refractivity contribution in [1.82, 2.24) is 0 Å². The smallest absolute Gasteiger partial charge is 0.190 e. The zero-order valence-electron chi connectivity index (χ0n) is 8.39. The van der Waals surface area contributed by atoms with Gasteiger partial charge in [-0.1, -0.05) is 0 Å². The first-order chi connectivity index (χ1) is 5.57. The fraction of sp³-hybridized carbons (Fsp3) is 0.909. The number of ether oxygens (including phenoxy) is 1. The molecule has 1 nitrogen and oxygen atoms in total. The van der Waals surface area contributed by atoms with Gasteiger partial charge in [-0.3, -0.25) is 0 Å². The highest BCUT2D eigenvalue weighted by Gasteiger charge is 2.55. The molecule has 12 heavy (non-hydrogen) atoms. The molecule has 1 aliphatic heterocycles. The number of rotatable bonds is 0. The van der Waals surface area contributed by atoms with Crippen molar-refractivity contribution in [3.63, 3.8) is 0 Å². The molecule has 1 heterocycles. The van der Waals surface area contributed by atoms with Crippen molar-refractivity contribution in [2.24, 2.45) is 11.3 Å². The molecular weight excluding hydrogens is 148 g/mol. The minimum atomic E-state index is 0.268. The summed E-state index contributed by atoms with van der Waals surface area (Å²) in [5, 5.41) is 0. The quantitative estimate of drug-likeness (QED) is 0.503. The summed E-state index contributed by atoms with van der Waals surface area (Å²) in [5.41, 5.74) is 0.268. The lowest BCUT2D eigenvalue weighted by Gasteiger charge is -2.17. The zero-order valence-corrected chi connectivity index (χ0v) is 8.39. The van der Waals surface area contributed by atoms with Gasteiger partial charge in [0, 0.05) is 6.42 Å². The Morgan fingerprint density at radius 3 is 2.58 bits per heavy atom. The first-order valence-corrected chi connectivity index (χ1v) is 5.11. The molecule has 0 aromatic heterocycles. The van der Waals surface area contributed by atoms with E-state index in [1.807, 2.05) is 0 Å². The summed E-state index contributed by atoms with van der Waals surface area (Å²) in [5.74, 6) is 0.781. The van der Waals surface area contributed by atoms with Crippen molar-refractivity contribution in [2.45, 2.75) is 52.6 Å². The summed E-state index contributed by atoms with van der Waals surface area (Å²) in [6.07, 6.45) is 7.27. The lowest BCUT2D eigenvalue weighted by Crippen LogP contribution is -2.22. The Kier molecular flexibility index (Phi) is 1.87. The van der Waals surface area contributed by atoms with Crippen LogP contribution in [0.5, 0.6) is 0 Å². The van der Waals surface area contributed by atoms with Crippen molar-refractivity contribution >= 4 is 0 Å². The second-order valence-corrected chi connectivity index (χ2v) is 5.22. The molecule has 1 aliphatic carbocycles. The predicted octanol–water partition coefficient (Wildman–Crippen LogP) is 3.15. The van der Waals surface area contributed by atoms with Gasteiger partial charge in [0.05, 0.1) is 0 Å². The first-order valence-electron chi connectivity index (χ1n) is 5.11. The Balaban J connectivity index is 2.09. The molecule has 2 aliphatic rings. The number of hydrogen-bond acceptors (Lipinski definition) is 1. The monoisotopic (exact) mass is 167 g/mol. The van der Waals surface area contributed by atoms with E-state index in [9.17, 15) is 0 Å². The topological polar surface area (TPSA) is 9.23 Å². The van der Waals surface area contributed by atoms with Gasteiger partial charge in [-0.05, 0) is 40.0 Å². The van der Waals surface area contributed by atoms with E-state index in [0.29, 0.717) is 6.10 Å². The lowest BCUT2D eigenvalue weighted by atomic mass is 9.77. The van der Waals surface area contributed by atoms with Crippen molar-refractivity contribution in [2.75, 3.05) is 0 Å². The zero-order chi connectivity index (χ0) is 8.77. The molecule has 2 unspecified atom stereocenters. The third-order valence-electron chi connectivity index (χ3n) is 3.03. The molecule has 0 amide bonds. The maximum absolute atomic E-state index is 5.97. The summed E-state index contributed by atoms with van der Waals surface area (Å²) in [7, 11) is 0. The molecule has 1 saturated heterocycles. The van der Waals surface area contributed by atoms with Gasteiger partial charge in [0.25, 0.3) is 0 Å². The van der Waals surface area contributed by atoms with Crippen LogP contribution in [0, 0.1) is 17.4 Å². The van der Waals surface area contributed by atoms with Gasteiger partial charge >= 0.3 is 0 Å². The molecular formula is C11H19O+. The van der Waals surface area contributed by atoms with E-state index in [2.05, 4.69) is 20.8 Å². The fourth-order valence-electron chi connectivity index (χ4n) is 2.56. The van der Waals surface area contributed by atoms with Crippen LogP contribution in [0.15, 0.2) is 0 Å². The normalized spacial score (nSPS) is 35.8. The highest BCUT2D eigenvalue weighted by molar-refractivity contribution is 5.05. The Morgan fingerprint density at radius 2 is 2.00 bits per heavy atom. The van der Waals surface area contributed by atoms with Gasteiger partial charge in [-0.25, -0.2) is 0 Å². The van der Waals surface area contributed by atoms with Crippen LogP contribution in [0.25, 0.3) is 0 Å². The van der Waals surface area contributed by atoms with E-state index in [1.54, 1.807) is 0 Å². The second-order valence-electron chi connectivity index (χ2n) is 5.22. The summed E-state index contributed by atoms with van der Waals surface area (Å²) in [4.78, 5) is 0. The molecule has 0 spiro atoms. The summed E-state index contributed by atoms with van der Waals surface area (Å²) in [6, 6.07) is 0. The van der Waals surface area contributed by atoms with Crippen molar-refractivity contribution in [3.05, 3.63) is 6.10 Å². The van der Waals surface area contributed by atoms with E-state index in [1.165, 1.54) is 31.8 Å². The van der Waals surface area contributed by atoms with Crippen LogP contribution in [0.4, 0.5) is 0 Å². The van der Waals surface area contributed by atoms with Gasteiger partial charge in [0.1, 0.15) is 17.4 Å². The van der Waals surface area contributed by atoms with Crippen molar-refractivity contribution in [1.29, 1.82) is 0 Å². The third-order valence-corrected chi connectivity index (χ3v) is 3.03. The van der Waals surface area contributed by atoms with Gasteiger partial charge in [-0.2, -0.15) is 4.74 Å². The minimum Gasteiger partial charge on any atom is -0.190 e. The van der Waals surface area contributed by atoms with Crippen LogP contribution >= 0.6 is 0 Å². The van der Waals surface area contributed by atoms with E-state index >= 15 is 0 Å². The van der Waals surface area contributed by atoms with Gasteiger partial charge in [0.2, 0.25) is 6.10 Å². The van der Waals surface area contributed by atoms with Gasteiger partial charge in [0.15, 0.2) is 0 Å². The van der Waals surface area contributed by atoms with Crippen LogP contribution in [0.1, 0.15) is 46.5 Å². The van der Waals surface area contributed by atoms with E-state index in [4.69, 9.17) is 4.74 Å². The standard InChI is InChI=1S/C11H19O/c1-11(2,3)10-8-5-4-6-9(7-8)12-10/h8-9H,4-7H2,1-3H3/q+1. The average molecular weight is 167 g/mol. The maximum Gasteiger partial charge on any atom is 0.249 e. The molecule has 2 fully saturated rings. The minimum absolute atomic E-state index is 0.268. The van der Waals surface area contributed by atoms with Crippen LogP contribution in [-0.2, 0) is 4.74 Å². The Bertz CT molecular complexity index is 168. The fourth-order valence-corrected chi connectivity index (χ4v) is 2.56. The van der Waals surface area contributed by atoms with Crippen LogP contribution < -0.4 is 0 Å². The van der Waals surface area contributed by atoms with E-state index in [-0.39, 0.29) is 5.41 Å². The van der Waals surface area contributed by atoms with Gasteiger partial charge < -0.3 is 0 Å². The second kappa shape index (κ2) is 2.66. The van der Waals surface area contributed by atoms with Crippen LogP contribution in [0.2, 0.25) is 0 Å². The van der Waals surface area contributed by atoms with Crippen LogP contribution in [0.3, 0.4) is 0 Å². The van der Waals surface area contributed by atoms with Gasteiger partial charge in [-0.15, -0.1) is 0 Å². The highest BCUT2D eigenvalue weighted by atomic mass is 16.5. The molecule has 1 heteroatoms. The van der Waals surface area contributed by atoms with Crippen molar-refractivity contribution in [3.8, 4) is 0 Å². The molecule has 68 valence electrons. The Labute approximate surface area is 75.5 Å². The molecule has 2 bridgehead atoms. The maximum atomic E-state index is 5.97. The molecule has 2 atom stereocenters. The third kappa shape index (κ3) is 1.35. The van der Waals surface area contributed by atoms with E-state index in [0.717, 1.165) is 5.92 Å². The predicted molar refractivity (Wildman–Crippen MR) is 49.5 cm³/mol. The first kappa shape index (κ1) is 8.43. The Hall–Kier alpha value is -0.170. The Morgan fingerprint density at radius 1 is 1.25 bits per heavy atom. The molecule has 2 rings (SSSR count). The molecule has 0 aromatic carbocycles. The number of fused-ring (bicyclic) bond motifs is 2. The largest absolute Gasteiger partial charge is 0.249 e. The summed E-state index contributed by atoms with van der Waals surface area (Å²) < 4.78 is 5.97. The summed E-state index contributed by atoms with van der Waals surface area (Å²) >= 11 is 0. The molecule has 0 aromatic rings. The average Bonchev–Trinajstić information content (AvgIpc) is 2.25. The number of hydrogen-bond donors (Lipinski definition) is 0. The lowest BCUT2D eigenvalue weighted by molar-refractivity contribution is 0.0597. The van der Waals surface area contributed by atoms with E-state index < -0.39 is 0 Å². The van der Waals surface area contributed by atoms with Crippen molar-refractivity contribution < 1.29 is 4.74 Å². The highest BCUT2D eigenvalue weighted by Crippen LogP contribution is 2.49. The SMILES string of the molecule is CC(C)(C)[C+]1OC2CCCC1C2. The summed E-state index contributed by atoms with van der Waals surface area (Å²) in [6.45, 7) is 6.80. The molecule has 0 N–H and O–H groups in total. The molecule has 0 radical (unpaired) electrons. The van der Waals surface area contributed by atoms with Crippen LogP contribution in [-0.4, -0.2) is 6.10 Å². The molecule has 1 saturated carbocycles.